The lowest BCUT2D eigenvalue weighted by Gasteiger charge is -2.00. The molecule has 2 rings (SSSR count). The van der Waals surface area contributed by atoms with Crippen molar-refractivity contribution in [2.45, 2.75) is 4.90 Å². The number of hydrogen-bond donors (Lipinski definition) is 0. The average Bonchev–Trinajstić information content (AvgIpc) is 2.45. The van der Waals surface area contributed by atoms with Crippen LogP contribution in [-0.2, 0) is 0 Å². The fourth-order valence-corrected chi connectivity index (χ4v) is 2.72. The lowest BCUT2D eigenvalue weighted by molar-refractivity contribution is 1.43. The van der Waals surface area contributed by atoms with Crippen LogP contribution in [0, 0.1) is 0 Å². The van der Waals surface area contributed by atoms with Crippen molar-refractivity contribution in [3.05, 3.63) is 65.7 Å². The molecule has 2 heteroatoms. The van der Waals surface area contributed by atoms with E-state index < -0.39 is 0 Å². The van der Waals surface area contributed by atoms with Crippen LogP contribution in [0.2, 0.25) is 0 Å². The largest absolute Gasteiger partial charge is 0.125 e. The molecule has 0 aromatic heterocycles. The van der Waals surface area contributed by atoms with Crippen LogP contribution in [-0.4, -0.2) is 11.1 Å². The van der Waals surface area contributed by atoms with Crippen molar-refractivity contribution in [2.24, 2.45) is 0 Å². The van der Waals surface area contributed by atoms with Crippen LogP contribution in [0.15, 0.2) is 59.5 Å². The fraction of sp³-hybridized carbons (Fsp3) is 0.125. The maximum absolute atomic E-state index is 3.44. The Balaban J connectivity index is 2.00. The Morgan fingerprint density at radius 2 is 1.44 bits per heavy atom. The van der Waals surface area contributed by atoms with Gasteiger partial charge in [0.1, 0.15) is 0 Å². The summed E-state index contributed by atoms with van der Waals surface area (Å²) in [5.74, 6) is 1.11. The molecular weight excluding hydrogens is 304 g/mol. The third-order valence-corrected chi connectivity index (χ3v) is 4.43. The van der Waals surface area contributed by atoms with Crippen LogP contribution < -0.4 is 0 Å². The van der Waals surface area contributed by atoms with E-state index in [4.69, 9.17) is 0 Å². The predicted molar refractivity (Wildman–Crippen MR) is 86.3 cm³/mol. The third-order valence-electron chi connectivity index (χ3n) is 2.49. The quantitative estimate of drug-likeness (QED) is 0.407. The van der Waals surface area contributed by atoms with E-state index in [-0.39, 0.29) is 0 Å². The predicted octanol–water partition coefficient (Wildman–Crippen LogP) is 5.34. The normalized spacial score (nSPS) is 10.9. The van der Waals surface area contributed by atoms with Gasteiger partial charge in [0.15, 0.2) is 0 Å². The van der Waals surface area contributed by atoms with Crippen molar-refractivity contribution in [1.82, 2.24) is 0 Å². The first-order chi connectivity index (χ1) is 8.88. The van der Waals surface area contributed by atoms with Gasteiger partial charge in [-0.3, -0.25) is 0 Å². The summed E-state index contributed by atoms with van der Waals surface area (Å²) in [6, 6.07) is 19.0. The Bertz CT molecular complexity index is 488. The van der Waals surface area contributed by atoms with Gasteiger partial charge >= 0.3 is 0 Å². The van der Waals surface area contributed by atoms with Crippen molar-refractivity contribution >= 4 is 39.8 Å². The Labute approximate surface area is 121 Å². The summed E-state index contributed by atoms with van der Waals surface area (Å²) in [7, 11) is 0. The minimum absolute atomic E-state index is 1.04. The van der Waals surface area contributed by atoms with Crippen LogP contribution >= 0.6 is 27.7 Å². The summed E-state index contributed by atoms with van der Waals surface area (Å²) >= 11 is 5.31. The van der Waals surface area contributed by atoms with Crippen LogP contribution in [0.3, 0.4) is 0 Å². The van der Waals surface area contributed by atoms with E-state index in [9.17, 15) is 0 Å². The Morgan fingerprint density at radius 1 is 0.833 bits per heavy atom. The maximum Gasteiger partial charge on any atom is 0.0126 e. The second kappa shape index (κ2) is 7.45. The van der Waals surface area contributed by atoms with Crippen molar-refractivity contribution in [3.8, 4) is 0 Å². The highest BCUT2D eigenvalue weighted by atomic mass is 79.9. The first-order valence-corrected chi connectivity index (χ1v) is 8.01. The second-order valence-corrected chi connectivity index (χ2v) is 5.81. The number of hydrogen-bond acceptors (Lipinski definition) is 1. The van der Waals surface area contributed by atoms with E-state index in [0.29, 0.717) is 0 Å². The molecule has 0 nitrogen and oxygen atoms in total. The summed E-state index contributed by atoms with van der Waals surface area (Å²) in [5, 5.41) is 1.04. The van der Waals surface area contributed by atoms with E-state index in [1.54, 1.807) is 0 Å². The van der Waals surface area contributed by atoms with Gasteiger partial charge in [-0.2, -0.15) is 0 Å². The molecule has 0 heterocycles. The minimum atomic E-state index is 1.04. The highest BCUT2D eigenvalue weighted by molar-refractivity contribution is 9.09. The Kier molecular flexibility index (Phi) is 5.56. The van der Waals surface area contributed by atoms with E-state index in [0.717, 1.165) is 11.1 Å². The van der Waals surface area contributed by atoms with Crippen molar-refractivity contribution in [3.63, 3.8) is 0 Å². The van der Waals surface area contributed by atoms with E-state index in [1.165, 1.54) is 16.0 Å². The Morgan fingerprint density at radius 3 is 2.06 bits per heavy atom. The summed E-state index contributed by atoms with van der Waals surface area (Å²) < 4.78 is 0. The number of rotatable bonds is 5. The summed E-state index contributed by atoms with van der Waals surface area (Å²) in [5.41, 5.74) is 2.47. The smallest absolute Gasteiger partial charge is 0.0126 e. The standard InChI is InChI=1S/C16H15BrS/c17-12-13-18-16-10-8-15(9-11-16)7-6-14-4-2-1-3-5-14/h1-11H,12-13H2/b7-6+. The first-order valence-electron chi connectivity index (χ1n) is 5.90. The molecule has 2 aromatic rings. The molecule has 2 aromatic carbocycles. The van der Waals surface area contributed by atoms with E-state index >= 15 is 0 Å². The van der Waals surface area contributed by atoms with Gasteiger partial charge in [-0.25, -0.2) is 0 Å². The van der Waals surface area contributed by atoms with Crippen molar-refractivity contribution in [2.75, 3.05) is 11.1 Å². The fourth-order valence-electron chi connectivity index (χ4n) is 1.59. The molecule has 0 fully saturated rings. The van der Waals surface area contributed by atoms with Gasteiger partial charge in [0, 0.05) is 16.0 Å². The number of benzene rings is 2. The molecule has 0 saturated heterocycles. The molecule has 0 saturated carbocycles. The zero-order valence-corrected chi connectivity index (χ0v) is 12.5. The van der Waals surface area contributed by atoms with Gasteiger partial charge in [-0.1, -0.05) is 70.5 Å². The lowest BCUT2D eigenvalue weighted by Crippen LogP contribution is -1.79. The van der Waals surface area contributed by atoms with Gasteiger partial charge in [-0.05, 0) is 23.3 Å². The molecule has 0 N–H and O–H groups in total. The second-order valence-electron chi connectivity index (χ2n) is 3.85. The summed E-state index contributed by atoms with van der Waals surface area (Å²) in [6.45, 7) is 0. The molecule has 0 aliphatic rings. The zero-order valence-electron chi connectivity index (χ0n) is 10.1. The topological polar surface area (TPSA) is 0 Å². The molecular formula is C16H15BrS. The summed E-state index contributed by atoms with van der Waals surface area (Å²) in [6.07, 6.45) is 4.29. The highest BCUT2D eigenvalue weighted by Crippen LogP contribution is 2.19. The van der Waals surface area contributed by atoms with Crippen molar-refractivity contribution in [1.29, 1.82) is 0 Å². The van der Waals surface area contributed by atoms with Crippen LogP contribution in [0.5, 0.6) is 0 Å². The van der Waals surface area contributed by atoms with E-state index in [1.807, 2.05) is 17.8 Å². The van der Waals surface area contributed by atoms with Gasteiger partial charge in [-0.15, -0.1) is 11.8 Å². The monoisotopic (exact) mass is 318 g/mol. The van der Waals surface area contributed by atoms with Crippen LogP contribution in [0.4, 0.5) is 0 Å². The van der Waals surface area contributed by atoms with Crippen molar-refractivity contribution < 1.29 is 0 Å². The minimum Gasteiger partial charge on any atom is -0.125 e. The molecule has 0 atom stereocenters. The molecule has 0 aliphatic carbocycles. The molecule has 18 heavy (non-hydrogen) atoms. The number of halogens is 1. The molecule has 0 bridgehead atoms. The molecule has 0 radical (unpaired) electrons. The number of thioether (sulfide) groups is 1. The van der Waals surface area contributed by atoms with E-state index in [2.05, 4.69) is 76.6 Å². The van der Waals surface area contributed by atoms with Crippen LogP contribution in [0.1, 0.15) is 11.1 Å². The first kappa shape index (κ1) is 13.4. The van der Waals surface area contributed by atoms with Gasteiger partial charge in [0.25, 0.3) is 0 Å². The molecule has 92 valence electrons. The third kappa shape index (κ3) is 4.35. The molecule has 0 spiro atoms. The molecule has 0 amide bonds. The highest BCUT2D eigenvalue weighted by Gasteiger charge is 1.93. The zero-order chi connectivity index (χ0) is 12.6. The SMILES string of the molecule is BrCCSc1ccc(/C=C/c2ccccc2)cc1. The molecule has 0 unspecified atom stereocenters. The van der Waals surface area contributed by atoms with Crippen LogP contribution in [0.25, 0.3) is 12.2 Å². The number of alkyl halides is 1. The average molecular weight is 319 g/mol. The molecule has 0 aliphatic heterocycles. The van der Waals surface area contributed by atoms with Gasteiger partial charge in [0.05, 0.1) is 0 Å². The lowest BCUT2D eigenvalue weighted by atomic mass is 10.1. The van der Waals surface area contributed by atoms with Gasteiger partial charge in [0.2, 0.25) is 0 Å². The maximum atomic E-state index is 3.44. The Hall–Kier alpha value is -0.990. The summed E-state index contributed by atoms with van der Waals surface area (Å²) in [4.78, 5) is 1.33. The van der Waals surface area contributed by atoms with Gasteiger partial charge < -0.3 is 0 Å².